The molecule has 5 nitrogen and oxygen atoms in total. The third kappa shape index (κ3) is 5.73. The first-order valence-electron chi connectivity index (χ1n) is 7.17. The van der Waals surface area contributed by atoms with Crippen molar-refractivity contribution in [1.29, 1.82) is 0 Å². The summed E-state index contributed by atoms with van der Waals surface area (Å²) in [5.41, 5.74) is 1.73. The number of amides is 1. The first-order chi connectivity index (χ1) is 9.95. The zero-order valence-corrected chi connectivity index (χ0v) is 13.2. The third-order valence-corrected chi connectivity index (χ3v) is 3.18. The molecular weight excluding hydrogens is 270 g/mol. The van der Waals surface area contributed by atoms with Gasteiger partial charge in [0.05, 0.1) is 6.10 Å². The molecule has 0 aliphatic heterocycles. The molecule has 0 heterocycles. The van der Waals surface area contributed by atoms with Crippen LogP contribution in [0.2, 0.25) is 0 Å². The first kappa shape index (κ1) is 17.5. The summed E-state index contributed by atoms with van der Waals surface area (Å²) in [6.45, 7) is 6.51. The number of nitrogens with one attached hydrogen (secondary N) is 1. The Hall–Kier alpha value is -1.59. The average molecular weight is 295 g/mol. The van der Waals surface area contributed by atoms with Gasteiger partial charge in [0.15, 0.2) is 6.10 Å². The van der Waals surface area contributed by atoms with Crippen LogP contribution in [0.15, 0.2) is 18.2 Å². The van der Waals surface area contributed by atoms with Crippen LogP contribution in [0.3, 0.4) is 0 Å². The molecule has 118 valence electrons. The van der Waals surface area contributed by atoms with Gasteiger partial charge in [-0.1, -0.05) is 6.07 Å². The molecule has 0 aliphatic rings. The molecule has 0 bridgehead atoms. The lowest BCUT2D eigenvalue weighted by Gasteiger charge is -2.17. The van der Waals surface area contributed by atoms with E-state index in [-0.39, 0.29) is 5.91 Å². The fraction of sp³-hybridized carbons (Fsp3) is 0.562. The summed E-state index contributed by atoms with van der Waals surface area (Å²) < 4.78 is 10.6. The molecule has 0 radical (unpaired) electrons. The Morgan fingerprint density at radius 2 is 2.10 bits per heavy atom. The minimum absolute atomic E-state index is 0.148. The molecule has 0 saturated heterocycles. The fourth-order valence-corrected chi connectivity index (χ4v) is 1.88. The highest BCUT2D eigenvalue weighted by atomic mass is 16.5. The Morgan fingerprint density at radius 1 is 1.38 bits per heavy atom. The van der Waals surface area contributed by atoms with Gasteiger partial charge in [-0.25, -0.2) is 0 Å². The minimum atomic E-state index is -0.566. The summed E-state index contributed by atoms with van der Waals surface area (Å²) in [6.07, 6.45) is -0.306. The van der Waals surface area contributed by atoms with Crippen LogP contribution < -0.4 is 10.1 Å². The second kappa shape index (κ2) is 8.64. The van der Waals surface area contributed by atoms with Crippen LogP contribution in [0.4, 0.5) is 0 Å². The quantitative estimate of drug-likeness (QED) is 0.720. The van der Waals surface area contributed by atoms with Crippen molar-refractivity contribution in [3.63, 3.8) is 0 Å². The maximum atomic E-state index is 11.9. The van der Waals surface area contributed by atoms with Crippen LogP contribution in [-0.2, 0) is 9.53 Å². The van der Waals surface area contributed by atoms with Gasteiger partial charge in [0.1, 0.15) is 5.75 Å². The third-order valence-electron chi connectivity index (χ3n) is 3.18. The van der Waals surface area contributed by atoms with E-state index in [0.717, 1.165) is 17.5 Å². The maximum Gasteiger partial charge on any atom is 0.260 e. The molecule has 0 spiro atoms. The van der Waals surface area contributed by atoms with Gasteiger partial charge in [-0.2, -0.15) is 0 Å². The molecule has 0 aliphatic carbocycles. The van der Waals surface area contributed by atoms with E-state index in [4.69, 9.17) is 9.47 Å². The number of aryl methyl sites for hydroxylation is 1. The number of carbonyl (C=O) groups excluding carboxylic acids is 1. The standard InChI is InChI=1S/C16H25NO4/c1-11-10-14(12(2)18)6-7-15(11)21-13(3)16(19)17-8-5-9-20-4/h6-7,10,12-13,18H,5,8-9H2,1-4H3,(H,17,19)/t12-,13?/m1/s1. The molecule has 2 N–H and O–H groups in total. The zero-order valence-electron chi connectivity index (χ0n) is 13.2. The molecule has 2 atom stereocenters. The lowest BCUT2D eigenvalue weighted by molar-refractivity contribution is -0.127. The molecule has 21 heavy (non-hydrogen) atoms. The summed E-state index contributed by atoms with van der Waals surface area (Å²) >= 11 is 0. The molecule has 1 rings (SSSR count). The van der Waals surface area contributed by atoms with Crippen molar-refractivity contribution in [2.75, 3.05) is 20.3 Å². The van der Waals surface area contributed by atoms with E-state index in [2.05, 4.69) is 5.32 Å². The van der Waals surface area contributed by atoms with Crippen LogP contribution in [0.1, 0.15) is 37.5 Å². The van der Waals surface area contributed by atoms with Gasteiger partial charge in [0.2, 0.25) is 0 Å². The van der Waals surface area contributed by atoms with Crippen molar-refractivity contribution < 1.29 is 19.4 Å². The van der Waals surface area contributed by atoms with Crippen LogP contribution >= 0.6 is 0 Å². The highest BCUT2D eigenvalue weighted by Gasteiger charge is 2.15. The van der Waals surface area contributed by atoms with E-state index in [1.165, 1.54) is 0 Å². The van der Waals surface area contributed by atoms with Crippen molar-refractivity contribution in [2.24, 2.45) is 0 Å². The van der Waals surface area contributed by atoms with Gasteiger partial charge in [-0.3, -0.25) is 4.79 Å². The van der Waals surface area contributed by atoms with Gasteiger partial charge in [0.25, 0.3) is 5.91 Å². The molecule has 1 amide bonds. The minimum Gasteiger partial charge on any atom is -0.481 e. The predicted octanol–water partition coefficient (Wildman–Crippen LogP) is 1.97. The molecule has 0 aromatic heterocycles. The van der Waals surface area contributed by atoms with E-state index in [9.17, 15) is 9.90 Å². The number of aliphatic hydroxyl groups is 1. The predicted molar refractivity (Wildman–Crippen MR) is 81.4 cm³/mol. The van der Waals surface area contributed by atoms with Crippen LogP contribution in [0, 0.1) is 6.92 Å². The topological polar surface area (TPSA) is 67.8 Å². The Balaban J connectivity index is 2.54. The lowest BCUT2D eigenvalue weighted by atomic mass is 10.1. The Bertz CT molecular complexity index is 460. The second-order valence-electron chi connectivity index (χ2n) is 5.10. The number of hydrogen-bond donors (Lipinski definition) is 2. The summed E-state index contributed by atoms with van der Waals surface area (Å²) in [5, 5.41) is 12.3. The highest BCUT2D eigenvalue weighted by Crippen LogP contribution is 2.23. The molecule has 1 unspecified atom stereocenters. The zero-order chi connectivity index (χ0) is 15.8. The highest BCUT2D eigenvalue weighted by molar-refractivity contribution is 5.80. The Morgan fingerprint density at radius 3 is 2.67 bits per heavy atom. The largest absolute Gasteiger partial charge is 0.481 e. The van der Waals surface area contributed by atoms with Crippen molar-refractivity contribution in [3.8, 4) is 5.75 Å². The number of rotatable bonds is 8. The van der Waals surface area contributed by atoms with Crippen LogP contribution in [-0.4, -0.2) is 37.4 Å². The number of carbonyl (C=O) groups is 1. The van der Waals surface area contributed by atoms with Crippen molar-refractivity contribution in [1.82, 2.24) is 5.32 Å². The van der Waals surface area contributed by atoms with Gasteiger partial charge in [0, 0.05) is 20.3 Å². The Labute approximate surface area is 126 Å². The first-order valence-corrected chi connectivity index (χ1v) is 7.17. The van der Waals surface area contributed by atoms with E-state index in [1.54, 1.807) is 33.1 Å². The van der Waals surface area contributed by atoms with Gasteiger partial charge in [-0.05, 0) is 50.5 Å². The number of benzene rings is 1. The normalized spacial score (nSPS) is 13.6. The van der Waals surface area contributed by atoms with E-state index in [1.807, 2.05) is 13.0 Å². The number of aliphatic hydroxyl groups excluding tert-OH is 1. The van der Waals surface area contributed by atoms with Crippen molar-refractivity contribution in [2.45, 2.75) is 39.4 Å². The SMILES string of the molecule is COCCCNC(=O)C(C)Oc1ccc([C@@H](C)O)cc1C. The summed E-state index contributed by atoms with van der Waals surface area (Å²) in [7, 11) is 1.63. The number of methoxy groups -OCH3 is 1. The molecule has 1 aromatic carbocycles. The number of hydrogen-bond acceptors (Lipinski definition) is 4. The molecule has 5 heteroatoms. The molecule has 0 fully saturated rings. The molecule has 0 saturated carbocycles. The summed E-state index contributed by atoms with van der Waals surface area (Å²) in [4.78, 5) is 11.9. The fourth-order valence-electron chi connectivity index (χ4n) is 1.88. The lowest BCUT2D eigenvalue weighted by Crippen LogP contribution is -2.37. The van der Waals surface area contributed by atoms with Crippen LogP contribution in [0.5, 0.6) is 5.75 Å². The van der Waals surface area contributed by atoms with E-state index >= 15 is 0 Å². The average Bonchev–Trinajstić information content (AvgIpc) is 2.45. The monoisotopic (exact) mass is 295 g/mol. The Kier molecular flexibility index (Phi) is 7.19. The summed E-state index contributed by atoms with van der Waals surface area (Å²) in [6, 6.07) is 5.45. The van der Waals surface area contributed by atoms with Crippen molar-refractivity contribution >= 4 is 5.91 Å². The smallest absolute Gasteiger partial charge is 0.260 e. The maximum absolute atomic E-state index is 11.9. The summed E-state index contributed by atoms with van der Waals surface area (Å²) in [5.74, 6) is 0.504. The van der Waals surface area contributed by atoms with E-state index in [0.29, 0.717) is 18.9 Å². The van der Waals surface area contributed by atoms with Crippen LogP contribution in [0.25, 0.3) is 0 Å². The molecular formula is C16H25NO4. The number of ether oxygens (including phenoxy) is 2. The molecule has 1 aromatic rings. The van der Waals surface area contributed by atoms with Gasteiger partial charge < -0.3 is 19.9 Å². The second-order valence-corrected chi connectivity index (χ2v) is 5.10. The van der Waals surface area contributed by atoms with Gasteiger partial charge >= 0.3 is 0 Å². The van der Waals surface area contributed by atoms with Gasteiger partial charge in [-0.15, -0.1) is 0 Å². The van der Waals surface area contributed by atoms with Crippen molar-refractivity contribution in [3.05, 3.63) is 29.3 Å². The van der Waals surface area contributed by atoms with E-state index < -0.39 is 12.2 Å².